The van der Waals surface area contributed by atoms with E-state index < -0.39 is 5.41 Å². The van der Waals surface area contributed by atoms with Gasteiger partial charge < -0.3 is 10.3 Å². The van der Waals surface area contributed by atoms with E-state index in [0.717, 1.165) is 47.1 Å². The molecular weight excluding hydrogens is 391 g/mol. The van der Waals surface area contributed by atoms with E-state index in [-0.39, 0.29) is 11.7 Å². The summed E-state index contributed by atoms with van der Waals surface area (Å²) >= 11 is 0. The Hall–Kier alpha value is -3.98. The fourth-order valence-corrected chi connectivity index (χ4v) is 4.14. The van der Waals surface area contributed by atoms with Gasteiger partial charge in [-0.15, -0.1) is 0 Å². The normalized spacial score (nSPS) is 14.6. The zero-order chi connectivity index (χ0) is 21.4. The van der Waals surface area contributed by atoms with E-state index in [1.165, 1.54) is 12.1 Å². The largest absolute Gasteiger partial charge is 0.353 e. The number of aromatic nitrogens is 2. The number of hydrogen-bond acceptors (Lipinski definition) is 3. The van der Waals surface area contributed by atoms with Crippen molar-refractivity contribution in [3.8, 4) is 17.5 Å². The van der Waals surface area contributed by atoms with Gasteiger partial charge >= 0.3 is 0 Å². The third kappa shape index (κ3) is 3.34. The maximum Gasteiger partial charge on any atom is 0.235 e. The lowest BCUT2D eigenvalue weighted by atomic mass is 9.64. The van der Waals surface area contributed by atoms with Crippen molar-refractivity contribution < 1.29 is 9.18 Å². The van der Waals surface area contributed by atoms with Crippen molar-refractivity contribution in [1.29, 1.82) is 5.26 Å². The van der Waals surface area contributed by atoms with E-state index in [1.807, 2.05) is 30.3 Å². The number of pyridine rings is 1. The summed E-state index contributed by atoms with van der Waals surface area (Å²) in [6.45, 7) is 0. The predicted octanol–water partition coefficient (Wildman–Crippen LogP) is 5.30. The number of nitrogens with zero attached hydrogens (tertiary/aromatic N) is 2. The Morgan fingerprint density at radius 3 is 2.55 bits per heavy atom. The maximum atomic E-state index is 13.1. The van der Waals surface area contributed by atoms with Gasteiger partial charge in [0.25, 0.3) is 0 Å². The van der Waals surface area contributed by atoms with Crippen molar-refractivity contribution in [1.82, 2.24) is 9.97 Å². The summed E-state index contributed by atoms with van der Waals surface area (Å²) in [5.74, 6) is -0.425. The van der Waals surface area contributed by atoms with Gasteiger partial charge in [-0.05, 0) is 73.0 Å². The number of hydrogen-bond donors (Lipinski definition) is 2. The van der Waals surface area contributed by atoms with Crippen LogP contribution in [0.4, 0.5) is 10.1 Å². The standard InChI is InChI=1S/C25H19FN4O/c26-19-4-6-20(7-5-19)29-24(31)25(10-1-11-25)18-3-9-22(28-15-18)23-13-17-12-16(14-27)2-8-21(17)30-23/h2-9,12-13,15,30H,1,10-11H2,(H,29,31). The Bertz CT molecular complexity index is 1310. The molecule has 2 aromatic heterocycles. The van der Waals surface area contributed by atoms with Crippen molar-refractivity contribution in [3.63, 3.8) is 0 Å². The Kier molecular flexibility index (Phi) is 4.52. The molecule has 31 heavy (non-hydrogen) atoms. The number of rotatable bonds is 4. The minimum atomic E-state index is -0.609. The molecular formula is C25H19FN4O. The molecule has 4 aromatic rings. The number of nitrogens with one attached hydrogen (secondary N) is 2. The molecule has 0 unspecified atom stereocenters. The molecule has 1 saturated carbocycles. The van der Waals surface area contributed by atoms with Gasteiger partial charge in [-0.1, -0.05) is 12.5 Å². The SMILES string of the molecule is N#Cc1ccc2[nH]c(-c3ccc(C4(C(=O)Nc5ccc(F)cc5)CCC4)cn3)cc2c1. The number of carbonyl (C=O) groups excluding carboxylic acids is 1. The summed E-state index contributed by atoms with van der Waals surface area (Å²) in [6, 6.07) is 19.3. The summed E-state index contributed by atoms with van der Waals surface area (Å²) in [5, 5.41) is 13.0. The zero-order valence-electron chi connectivity index (χ0n) is 16.7. The molecule has 2 aromatic carbocycles. The molecule has 0 radical (unpaired) electrons. The topological polar surface area (TPSA) is 81.6 Å². The first-order chi connectivity index (χ1) is 15.1. The molecule has 0 atom stereocenters. The first-order valence-electron chi connectivity index (χ1n) is 10.1. The van der Waals surface area contributed by atoms with Crippen LogP contribution in [0.15, 0.2) is 66.9 Å². The van der Waals surface area contributed by atoms with Crippen LogP contribution in [0.5, 0.6) is 0 Å². The average molecular weight is 410 g/mol. The number of carbonyl (C=O) groups is 1. The number of anilines is 1. The molecule has 152 valence electrons. The maximum absolute atomic E-state index is 13.1. The van der Waals surface area contributed by atoms with E-state index in [2.05, 4.69) is 21.4 Å². The van der Waals surface area contributed by atoms with Gasteiger partial charge in [0, 0.05) is 22.8 Å². The number of fused-ring (bicyclic) bond motifs is 1. The van der Waals surface area contributed by atoms with Crippen LogP contribution in [-0.4, -0.2) is 15.9 Å². The van der Waals surface area contributed by atoms with Crippen molar-refractivity contribution >= 4 is 22.5 Å². The molecule has 1 fully saturated rings. The van der Waals surface area contributed by atoms with Gasteiger partial charge in [0.15, 0.2) is 0 Å². The predicted molar refractivity (Wildman–Crippen MR) is 117 cm³/mol. The fourth-order valence-electron chi connectivity index (χ4n) is 4.14. The molecule has 0 aliphatic heterocycles. The van der Waals surface area contributed by atoms with Crippen LogP contribution in [0.25, 0.3) is 22.3 Å². The van der Waals surface area contributed by atoms with Gasteiger partial charge in [-0.3, -0.25) is 9.78 Å². The third-order valence-electron chi connectivity index (χ3n) is 6.09. The van der Waals surface area contributed by atoms with Gasteiger partial charge in [0.1, 0.15) is 5.82 Å². The van der Waals surface area contributed by atoms with Gasteiger partial charge in [-0.2, -0.15) is 5.26 Å². The molecule has 5 rings (SSSR count). The van der Waals surface area contributed by atoms with Crippen LogP contribution in [0.1, 0.15) is 30.4 Å². The van der Waals surface area contributed by atoms with Gasteiger partial charge in [0.2, 0.25) is 5.91 Å². The zero-order valence-corrected chi connectivity index (χ0v) is 16.7. The van der Waals surface area contributed by atoms with E-state index in [4.69, 9.17) is 5.26 Å². The summed E-state index contributed by atoms with van der Waals surface area (Å²) in [6.07, 6.45) is 4.25. The van der Waals surface area contributed by atoms with Crippen LogP contribution in [0, 0.1) is 17.1 Å². The van der Waals surface area contributed by atoms with Gasteiger partial charge in [-0.25, -0.2) is 4.39 Å². The number of nitriles is 1. The molecule has 0 saturated heterocycles. The molecule has 0 spiro atoms. The lowest BCUT2D eigenvalue weighted by molar-refractivity contribution is -0.124. The molecule has 1 aliphatic carbocycles. The number of H-pyrrole nitrogens is 1. The van der Waals surface area contributed by atoms with E-state index in [9.17, 15) is 9.18 Å². The van der Waals surface area contributed by atoms with Crippen molar-refractivity contribution in [2.24, 2.45) is 0 Å². The van der Waals surface area contributed by atoms with Crippen LogP contribution < -0.4 is 5.32 Å². The molecule has 2 heterocycles. The second kappa shape index (κ2) is 7.37. The Labute approximate surface area is 178 Å². The fraction of sp³-hybridized carbons (Fsp3) is 0.160. The minimum absolute atomic E-state index is 0.0884. The van der Waals surface area contributed by atoms with Crippen LogP contribution in [-0.2, 0) is 10.2 Å². The average Bonchev–Trinajstić information content (AvgIpc) is 3.18. The van der Waals surface area contributed by atoms with Crippen LogP contribution in [0.2, 0.25) is 0 Å². The highest BCUT2D eigenvalue weighted by Crippen LogP contribution is 2.44. The highest BCUT2D eigenvalue weighted by atomic mass is 19.1. The molecule has 6 heteroatoms. The van der Waals surface area contributed by atoms with Crippen LogP contribution in [0.3, 0.4) is 0 Å². The highest BCUT2D eigenvalue weighted by molar-refractivity contribution is 6.00. The minimum Gasteiger partial charge on any atom is -0.353 e. The second-order valence-electron chi connectivity index (χ2n) is 7.93. The number of amides is 1. The van der Waals surface area contributed by atoms with E-state index in [0.29, 0.717) is 11.3 Å². The summed E-state index contributed by atoms with van der Waals surface area (Å²) in [5.41, 5.74) is 4.03. The summed E-state index contributed by atoms with van der Waals surface area (Å²) in [7, 11) is 0. The smallest absolute Gasteiger partial charge is 0.235 e. The Morgan fingerprint density at radius 2 is 1.90 bits per heavy atom. The van der Waals surface area contributed by atoms with Crippen molar-refractivity contribution in [2.45, 2.75) is 24.7 Å². The van der Waals surface area contributed by atoms with Crippen LogP contribution >= 0.6 is 0 Å². The molecule has 0 bridgehead atoms. The highest BCUT2D eigenvalue weighted by Gasteiger charge is 2.45. The van der Waals surface area contributed by atoms with E-state index >= 15 is 0 Å². The number of halogens is 1. The molecule has 1 amide bonds. The quantitative estimate of drug-likeness (QED) is 0.479. The Morgan fingerprint density at radius 1 is 1.10 bits per heavy atom. The van der Waals surface area contributed by atoms with E-state index in [1.54, 1.807) is 24.4 Å². The van der Waals surface area contributed by atoms with Gasteiger partial charge in [0.05, 0.1) is 28.4 Å². The first kappa shape index (κ1) is 19.0. The van der Waals surface area contributed by atoms with Crippen molar-refractivity contribution in [3.05, 3.63) is 83.8 Å². The Balaban J connectivity index is 1.41. The van der Waals surface area contributed by atoms with Crippen molar-refractivity contribution in [2.75, 3.05) is 5.32 Å². The third-order valence-corrected chi connectivity index (χ3v) is 6.09. The lowest BCUT2D eigenvalue weighted by Crippen LogP contribution is -2.46. The summed E-state index contributed by atoms with van der Waals surface area (Å²) in [4.78, 5) is 21.0. The number of benzene rings is 2. The first-order valence-corrected chi connectivity index (χ1v) is 10.1. The lowest BCUT2D eigenvalue weighted by Gasteiger charge is -2.40. The summed E-state index contributed by atoms with van der Waals surface area (Å²) < 4.78 is 13.1. The molecule has 5 nitrogen and oxygen atoms in total. The second-order valence-corrected chi connectivity index (χ2v) is 7.93. The molecule has 1 aliphatic rings. The molecule has 2 N–H and O–H groups in total. The monoisotopic (exact) mass is 410 g/mol. The number of aromatic amines is 1.